The van der Waals surface area contributed by atoms with E-state index >= 15 is 0 Å². The zero-order valence-corrected chi connectivity index (χ0v) is 11.3. The van der Waals surface area contributed by atoms with Gasteiger partial charge in [0.2, 0.25) is 0 Å². The molecule has 0 radical (unpaired) electrons. The Morgan fingerprint density at radius 3 is 2.56 bits per heavy atom. The van der Waals surface area contributed by atoms with Crippen molar-refractivity contribution in [2.24, 2.45) is 5.73 Å². The summed E-state index contributed by atoms with van der Waals surface area (Å²) in [4.78, 5) is 0. The first-order valence-corrected chi connectivity index (χ1v) is 6.96. The van der Waals surface area contributed by atoms with Gasteiger partial charge in [0.25, 0.3) is 0 Å². The highest BCUT2D eigenvalue weighted by Crippen LogP contribution is 2.35. The molecule has 0 unspecified atom stereocenters. The van der Waals surface area contributed by atoms with Crippen LogP contribution in [0.3, 0.4) is 0 Å². The summed E-state index contributed by atoms with van der Waals surface area (Å²) in [7, 11) is 0. The van der Waals surface area contributed by atoms with Crippen molar-refractivity contribution in [3.05, 3.63) is 36.0 Å². The Labute approximate surface area is 109 Å². The second kappa shape index (κ2) is 4.13. The molecule has 1 heterocycles. The Hall–Kier alpha value is -1.28. The number of benzene rings is 1. The summed E-state index contributed by atoms with van der Waals surface area (Å²) in [6.07, 6.45) is 7.58. The van der Waals surface area contributed by atoms with E-state index in [0.29, 0.717) is 6.04 Å². The quantitative estimate of drug-likeness (QED) is 0.849. The summed E-state index contributed by atoms with van der Waals surface area (Å²) in [5, 5.41) is 1.32. The molecule has 0 atom stereocenters. The normalized spacial score (nSPS) is 17.7. The summed E-state index contributed by atoms with van der Waals surface area (Å²) in [6.45, 7) is 4.18. The molecule has 1 aromatic heterocycles. The molecule has 0 bridgehead atoms. The van der Waals surface area contributed by atoms with Crippen LogP contribution in [0.1, 0.15) is 51.1 Å². The fourth-order valence-electron chi connectivity index (χ4n) is 3.23. The molecular formula is C16H22N2. The highest BCUT2D eigenvalue weighted by molar-refractivity contribution is 5.84. The second-order valence-electron chi connectivity index (χ2n) is 6.13. The number of nitrogens with zero attached hydrogens (tertiary/aromatic N) is 1. The van der Waals surface area contributed by atoms with Crippen LogP contribution in [-0.4, -0.2) is 4.57 Å². The van der Waals surface area contributed by atoms with Gasteiger partial charge < -0.3 is 10.3 Å². The van der Waals surface area contributed by atoms with Crippen LogP contribution in [0.5, 0.6) is 0 Å². The minimum absolute atomic E-state index is 0.284. The topological polar surface area (TPSA) is 30.9 Å². The molecule has 2 nitrogen and oxygen atoms in total. The monoisotopic (exact) mass is 242 g/mol. The van der Waals surface area contributed by atoms with E-state index in [1.807, 2.05) is 0 Å². The molecule has 1 fully saturated rings. The molecule has 1 aliphatic carbocycles. The Bertz CT molecular complexity index is 554. The number of para-hydroxylation sites is 1. The van der Waals surface area contributed by atoms with Crippen LogP contribution in [0.4, 0.5) is 0 Å². The minimum atomic E-state index is -0.284. The van der Waals surface area contributed by atoms with Crippen molar-refractivity contribution in [1.82, 2.24) is 4.57 Å². The van der Waals surface area contributed by atoms with Crippen molar-refractivity contribution in [3.63, 3.8) is 0 Å². The fraction of sp³-hybridized carbons (Fsp3) is 0.500. The van der Waals surface area contributed by atoms with Gasteiger partial charge in [-0.15, -0.1) is 0 Å². The molecule has 0 amide bonds. The van der Waals surface area contributed by atoms with E-state index in [4.69, 9.17) is 5.73 Å². The predicted molar refractivity (Wildman–Crippen MR) is 76.7 cm³/mol. The zero-order valence-electron chi connectivity index (χ0n) is 11.3. The molecule has 1 aromatic carbocycles. The van der Waals surface area contributed by atoms with E-state index < -0.39 is 0 Å². The maximum atomic E-state index is 6.34. The lowest BCUT2D eigenvalue weighted by atomic mass is 9.93. The Morgan fingerprint density at radius 1 is 1.17 bits per heavy atom. The Balaban J connectivity index is 2.21. The van der Waals surface area contributed by atoms with E-state index in [1.165, 1.54) is 42.1 Å². The lowest BCUT2D eigenvalue weighted by molar-refractivity contribution is 0.520. The summed E-state index contributed by atoms with van der Waals surface area (Å²) < 4.78 is 2.46. The number of nitrogens with two attached hydrogens (primary N) is 1. The number of fused-ring (bicyclic) bond motifs is 1. The first-order valence-electron chi connectivity index (χ1n) is 6.96. The average Bonchev–Trinajstić information content (AvgIpc) is 2.95. The molecule has 18 heavy (non-hydrogen) atoms. The minimum Gasteiger partial charge on any atom is -0.344 e. The van der Waals surface area contributed by atoms with E-state index in [2.05, 4.69) is 48.9 Å². The zero-order chi connectivity index (χ0) is 12.8. The smallest absolute Gasteiger partial charge is 0.0533 e. The van der Waals surface area contributed by atoms with Crippen LogP contribution in [0.15, 0.2) is 30.5 Å². The van der Waals surface area contributed by atoms with Gasteiger partial charge in [-0.25, -0.2) is 0 Å². The SMILES string of the molecule is CC(C)(N)c1cccc2ccn(C3CCCC3)c12. The van der Waals surface area contributed by atoms with Gasteiger partial charge in [-0.05, 0) is 43.7 Å². The van der Waals surface area contributed by atoms with Crippen LogP contribution in [0, 0.1) is 0 Å². The van der Waals surface area contributed by atoms with Crippen molar-refractivity contribution in [1.29, 1.82) is 0 Å². The molecule has 1 saturated carbocycles. The number of hydrogen-bond acceptors (Lipinski definition) is 1. The van der Waals surface area contributed by atoms with E-state index in [-0.39, 0.29) is 5.54 Å². The lowest BCUT2D eigenvalue weighted by Crippen LogP contribution is -2.29. The summed E-state index contributed by atoms with van der Waals surface area (Å²) in [6, 6.07) is 9.38. The van der Waals surface area contributed by atoms with Crippen LogP contribution in [0.2, 0.25) is 0 Å². The summed E-state index contributed by atoms with van der Waals surface area (Å²) in [5.41, 5.74) is 8.66. The molecule has 2 N–H and O–H groups in total. The molecule has 1 aliphatic rings. The van der Waals surface area contributed by atoms with Crippen molar-refractivity contribution in [2.45, 2.75) is 51.1 Å². The van der Waals surface area contributed by atoms with Gasteiger partial charge in [-0.2, -0.15) is 0 Å². The number of hydrogen-bond donors (Lipinski definition) is 1. The van der Waals surface area contributed by atoms with E-state index in [0.717, 1.165) is 0 Å². The summed E-state index contributed by atoms with van der Waals surface area (Å²) in [5.74, 6) is 0. The Kier molecular flexibility index (Phi) is 2.70. The molecule has 0 aliphatic heterocycles. The molecule has 2 aromatic rings. The van der Waals surface area contributed by atoms with Gasteiger partial charge in [0.15, 0.2) is 0 Å². The van der Waals surface area contributed by atoms with Gasteiger partial charge in [-0.1, -0.05) is 31.0 Å². The van der Waals surface area contributed by atoms with Crippen LogP contribution >= 0.6 is 0 Å². The van der Waals surface area contributed by atoms with Crippen LogP contribution in [0.25, 0.3) is 10.9 Å². The third-order valence-corrected chi connectivity index (χ3v) is 4.15. The van der Waals surface area contributed by atoms with Gasteiger partial charge in [0.1, 0.15) is 0 Å². The third-order valence-electron chi connectivity index (χ3n) is 4.15. The van der Waals surface area contributed by atoms with Crippen molar-refractivity contribution in [2.75, 3.05) is 0 Å². The predicted octanol–water partition coefficient (Wildman–Crippen LogP) is 3.95. The highest BCUT2D eigenvalue weighted by atomic mass is 15.0. The first-order chi connectivity index (χ1) is 8.57. The number of aromatic nitrogens is 1. The van der Waals surface area contributed by atoms with Gasteiger partial charge >= 0.3 is 0 Å². The summed E-state index contributed by atoms with van der Waals surface area (Å²) >= 11 is 0. The van der Waals surface area contributed by atoms with E-state index in [9.17, 15) is 0 Å². The first kappa shape index (κ1) is 11.8. The van der Waals surface area contributed by atoms with Gasteiger partial charge in [0, 0.05) is 17.8 Å². The van der Waals surface area contributed by atoms with Gasteiger partial charge in [-0.3, -0.25) is 0 Å². The molecule has 0 spiro atoms. The molecule has 96 valence electrons. The Morgan fingerprint density at radius 2 is 1.89 bits per heavy atom. The van der Waals surface area contributed by atoms with E-state index in [1.54, 1.807) is 0 Å². The number of rotatable bonds is 2. The molecule has 2 heteroatoms. The standard InChI is InChI=1S/C16H22N2/c1-16(2,17)14-9-5-6-12-10-11-18(15(12)14)13-7-3-4-8-13/h5-6,9-11,13H,3-4,7-8,17H2,1-2H3. The molecular weight excluding hydrogens is 220 g/mol. The van der Waals surface area contributed by atoms with Crippen molar-refractivity contribution >= 4 is 10.9 Å². The largest absolute Gasteiger partial charge is 0.344 e. The van der Waals surface area contributed by atoms with Crippen LogP contribution in [-0.2, 0) is 5.54 Å². The van der Waals surface area contributed by atoms with Crippen LogP contribution < -0.4 is 5.73 Å². The van der Waals surface area contributed by atoms with Crippen molar-refractivity contribution in [3.8, 4) is 0 Å². The van der Waals surface area contributed by atoms with Crippen molar-refractivity contribution < 1.29 is 0 Å². The fourth-order valence-corrected chi connectivity index (χ4v) is 3.23. The maximum Gasteiger partial charge on any atom is 0.0533 e. The van der Waals surface area contributed by atoms with Gasteiger partial charge in [0.05, 0.1) is 5.52 Å². The highest BCUT2D eigenvalue weighted by Gasteiger charge is 2.23. The molecule has 0 saturated heterocycles. The molecule has 3 rings (SSSR count). The third kappa shape index (κ3) is 1.85. The maximum absolute atomic E-state index is 6.34. The lowest BCUT2D eigenvalue weighted by Gasteiger charge is -2.23. The average molecular weight is 242 g/mol. The second-order valence-corrected chi connectivity index (χ2v) is 6.13.